The average Bonchev–Trinajstić information content (AvgIpc) is 2.58. The van der Waals surface area contributed by atoms with Crippen LogP contribution in [0.4, 0.5) is 0 Å². The molecule has 0 aromatic heterocycles. The van der Waals surface area contributed by atoms with Crippen LogP contribution in [0.3, 0.4) is 0 Å². The second-order valence-corrected chi connectivity index (χ2v) is 5.74. The predicted molar refractivity (Wildman–Crippen MR) is 88.0 cm³/mol. The van der Waals surface area contributed by atoms with Gasteiger partial charge in [-0.2, -0.15) is 0 Å². The molecule has 0 N–H and O–H groups in total. The molecule has 0 saturated heterocycles. The van der Waals surface area contributed by atoms with Gasteiger partial charge in [-0.15, -0.1) is 0 Å². The first-order valence-corrected chi connectivity index (χ1v) is 7.63. The minimum Gasteiger partial charge on any atom is -0.454 e. The third-order valence-corrected chi connectivity index (χ3v) is 4.24. The second kappa shape index (κ2) is 6.21. The van der Waals surface area contributed by atoms with Gasteiger partial charge in [0.1, 0.15) is 0 Å². The van der Waals surface area contributed by atoms with Gasteiger partial charge < -0.3 is 4.74 Å². The summed E-state index contributed by atoms with van der Waals surface area (Å²) in [6.45, 7) is 1.33. The van der Waals surface area contributed by atoms with Crippen LogP contribution in [-0.2, 0) is 19.7 Å². The fourth-order valence-corrected chi connectivity index (χ4v) is 3.16. The molecular weight excluding hydrogens is 288 g/mol. The molecule has 3 heteroatoms. The van der Waals surface area contributed by atoms with Gasteiger partial charge in [-0.1, -0.05) is 66.7 Å². The van der Waals surface area contributed by atoms with Gasteiger partial charge in [0.25, 0.3) is 0 Å². The van der Waals surface area contributed by atoms with Crippen molar-refractivity contribution >= 4 is 11.8 Å². The summed E-state index contributed by atoms with van der Waals surface area (Å²) in [7, 11) is 0. The van der Waals surface area contributed by atoms with Crippen LogP contribution in [0.5, 0.6) is 0 Å². The Hall–Kier alpha value is -2.68. The zero-order valence-electron chi connectivity index (χ0n) is 12.9. The highest BCUT2D eigenvalue weighted by Crippen LogP contribution is 2.41. The highest BCUT2D eigenvalue weighted by Gasteiger charge is 2.40. The summed E-state index contributed by atoms with van der Waals surface area (Å²) in [6, 6.07) is 20.0. The molecule has 2 aromatic rings. The maximum atomic E-state index is 12.1. The van der Waals surface area contributed by atoms with Gasteiger partial charge in [-0.25, -0.2) is 0 Å². The molecule has 1 aliphatic carbocycles. The Morgan fingerprint density at radius 3 is 2.00 bits per heavy atom. The third kappa shape index (κ3) is 2.95. The van der Waals surface area contributed by atoms with Crippen molar-refractivity contribution in [1.82, 2.24) is 0 Å². The predicted octanol–water partition coefficient (Wildman–Crippen LogP) is 3.43. The van der Waals surface area contributed by atoms with Crippen LogP contribution in [0.25, 0.3) is 0 Å². The number of ether oxygens (including phenoxy) is 1. The van der Waals surface area contributed by atoms with Crippen molar-refractivity contribution in [3.8, 4) is 0 Å². The topological polar surface area (TPSA) is 43.4 Å². The summed E-state index contributed by atoms with van der Waals surface area (Å²) < 4.78 is 5.26. The Morgan fingerprint density at radius 1 is 1.00 bits per heavy atom. The molecule has 0 aliphatic heterocycles. The van der Waals surface area contributed by atoms with Crippen molar-refractivity contribution in [1.29, 1.82) is 0 Å². The smallest absolute Gasteiger partial charge is 0.303 e. The SMILES string of the molecule is CC(=O)O[C@@H]1CC(c2ccccc2)(c2ccccc2)C=CC1=O. The molecule has 0 amide bonds. The number of esters is 1. The summed E-state index contributed by atoms with van der Waals surface area (Å²) in [5, 5.41) is 0. The molecule has 3 rings (SSSR count). The van der Waals surface area contributed by atoms with E-state index in [9.17, 15) is 9.59 Å². The van der Waals surface area contributed by atoms with Gasteiger partial charge in [0.05, 0.1) is 0 Å². The minimum atomic E-state index is -0.752. The Bertz CT molecular complexity index is 692. The number of ketones is 1. The number of carbonyl (C=O) groups is 2. The number of benzene rings is 2. The van der Waals surface area contributed by atoms with Gasteiger partial charge >= 0.3 is 5.97 Å². The van der Waals surface area contributed by atoms with E-state index in [1.165, 1.54) is 13.0 Å². The van der Waals surface area contributed by atoms with E-state index in [1.54, 1.807) is 0 Å². The monoisotopic (exact) mass is 306 g/mol. The lowest BCUT2D eigenvalue weighted by Gasteiger charge is -2.37. The van der Waals surface area contributed by atoms with Crippen molar-refractivity contribution in [2.45, 2.75) is 24.9 Å². The van der Waals surface area contributed by atoms with Crippen LogP contribution in [0, 0.1) is 0 Å². The van der Waals surface area contributed by atoms with Crippen LogP contribution in [-0.4, -0.2) is 17.9 Å². The molecule has 3 nitrogen and oxygen atoms in total. The van der Waals surface area contributed by atoms with Crippen LogP contribution >= 0.6 is 0 Å². The van der Waals surface area contributed by atoms with E-state index in [0.717, 1.165) is 11.1 Å². The van der Waals surface area contributed by atoms with Crippen molar-refractivity contribution in [2.75, 3.05) is 0 Å². The fourth-order valence-electron chi connectivity index (χ4n) is 3.16. The van der Waals surface area contributed by atoms with Crippen LogP contribution in [0.15, 0.2) is 72.8 Å². The highest BCUT2D eigenvalue weighted by molar-refractivity contribution is 5.96. The lowest BCUT2D eigenvalue weighted by atomic mass is 9.68. The lowest BCUT2D eigenvalue weighted by molar-refractivity contribution is -0.152. The second-order valence-electron chi connectivity index (χ2n) is 5.74. The molecule has 0 unspecified atom stereocenters. The van der Waals surface area contributed by atoms with Gasteiger partial charge in [-0.3, -0.25) is 9.59 Å². The van der Waals surface area contributed by atoms with Crippen molar-refractivity contribution < 1.29 is 14.3 Å². The van der Waals surface area contributed by atoms with Gasteiger partial charge in [-0.05, 0) is 17.2 Å². The molecule has 1 atom stereocenters. The molecule has 0 heterocycles. The van der Waals surface area contributed by atoms with Crippen molar-refractivity contribution in [3.05, 3.63) is 83.9 Å². The van der Waals surface area contributed by atoms with E-state index in [4.69, 9.17) is 4.74 Å². The lowest BCUT2D eigenvalue weighted by Crippen LogP contribution is -2.39. The number of carbonyl (C=O) groups excluding carboxylic acids is 2. The maximum Gasteiger partial charge on any atom is 0.303 e. The van der Waals surface area contributed by atoms with Crippen LogP contribution in [0.2, 0.25) is 0 Å². The largest absolute Gasteiger partial charge is 0.454 e. The molecule has 23 heavy (non-hydrogen) atoms. The minimum absolute atomic E-state index is 0.164. The quantitative estimate of drug-likeness (QED) is 0.816. The van der Waals surface area contributed by atoms with E-state index in [0.29, 0.717) is 6.42 Å². The maximum absolute atomic E-state index is 12.1. The van der Waals surface area contributed by atoms with Crippen molar-refractivity contribution in [3.63, 3.8) is 0 Å². The van der Waals surface area contributed by atoms with E-state index in [-0.39, 0.29) is 5.78 Å². The standard InChI is InChI=1S/C20H18O3/c1-15(21)23-19-14-20(13-12-18(19)22,16-8-4-2-5-9-16)17-10-6-3-7-11-17/h2-13,19H,14H2,1H3/t19-/m1/s1. The Balaban J connectivity index is 2.12. The van der Waals surface area contributed by atoms with E-state index < -0.39 is 17.5 Å². The number of allylic oxidation sites excluding steroid dienone is 1. The first-order valence-electron chi connectivity index (χ1n) is 7.63. The molecule has 0 bridgehead atoms. The number of hydrogen-bond acceptors (Lipinski definition) is 3. The normalized spacial score (nSPS) is 19.3. The summed E-state index contributed by atoms with van der Waals surface area (Å²) in [6.07, 6.45) is 3.13. The number of rotatable bonds is 3. The summed E-state index contributed by atoms with van der Waals surface area (Å²) in [4.78, 5) is 23.5. The summed E-state index contributed by atoms with van der Waals surface area (Å²) >= 11 is 0. The Labute approximate surface area is 135 Å². The number of hydrogen-bond donors (Lipinski definition) is 0. The molecule has 1 aliphatic rings. The summed E-state index contributed by atoms with van der Waals surface area (Å²) in [5.41, 5.74) is 1.68. The molecule has 116 valence electrons. The first kappa shape index (κ1) is 15.2. The van der Waals surface area contributed by atoms with Crippen LogP contribution < -0.4 is 0 Å². The Morgan fingerprint density at radius 2 is 1.52 bits per heavy atom. The molecule has 0 radical (unpaired) electrons. The average molecular weight is 306 g/mol. The Kier molecular flexibility index (Phi) is 4.11. The molecular formula is C20H18O3. The van der Waals surface area contributed by atoms with Gasteiger partial charge in [0.2, 0.25) is 0 Å². The fraction of sp³-hybridized carbons (Fsp3) is 0.200. The van der Waals surface area contributed by atoms with E-state index >= 15 is 0 Å². The molecule has 0 saturated carbocycles. The van der Waals surface area contributed by atoms with E-state index in [1.807, 2.05) is 66.7 Å². The van der Waals surface area contributed by atoms with Gasteiger partial charge in [0, 0.05) is 18.8 Å². The van der Waals surface area contributed by atoms with Crippen molar-refractivity contribution in [2.24, 2.45) is 0 Å². The van der Waals surface area contributed by atoms with E-state index in [2.05, 4.69) is 0 Å². The van der Waals surface area contributed by atoms with Crippen LogP contribution in [0.1, 0.15) is 24.5 Å². The zero-order chi connectivity index (χ0) is 16.3. The molecule has 0 spiro atoms. The third-order valence-electron chi connectivity index (χ3n) is 4.24. The highest BCUT2D eigenvalue weighted by atomic mass is 16.5. The summed E-state index contributed by atoms with van der Waals surface area (Å²) in [5.74, 6) is -0.601. The molecule has 2 aromatic carbocycles. The van der Waals surface area contributed by atoms with Gasteiger partial charge in [0.15, 0.2) is 11.9 Å². The zero-order valence-corrected chi connectivity index (χ0v) is 12.9. The molecule has 0 fully saturated rings. The first-order chi connectivity index (χ1) is 11.1.